The van der Waals surface area contributed by atoms with E-state index in [4.69, 9.17) is 0 Å². The van der Waals surface area contributed by atoms with Gasteiger partial charge in [0, 0.05) is 46.0 Å². The van der Waals surface area contributed by atoms with E-state index < -0.39 is 0 Å². The van der Waals surface area contributed by atoms with Crippen LogP contribution in [0.4, 0.5) is 0 Å². The Morgan fingerprint density at radius 2 is 0.588 bits per heavy atom. The minimum absolute atomic E-state index is 0.959. The van der Waals surface area contributed by atoms with Crippen molar-refractivity contribution < 1.29 is 0 Å². The molecule has 0 aliphatic carbocycles. The van der Waals surface area contributed by atoms with Crippen LogP contribution in [0.3, 0.4) is 0 Å². The summed E-state index contributed by atoms with van der Waals surface area (Å²) < 4.78 is 0. The van der Waals surface area contributed by atoms with Crippen LogP contribution in [-0.2, 0) is 58.9 Å². The second-order valence-corrected chi connectivity index (χ2v) is 21.9. The van der Waals surface area contributed by atoms with Gasteiger partial charge >= 0.3 is 0 Å². The number of thioether (sulfide) groups is 1. The molecule has 0 aromatic heterocycles. The van der Waals surface area contributed by atoms with Crippen molar-refractivity contribution in [2.24, 2.45) is 0 Å². The highest BCUT2D eigenvalue weighted by atomic mass is 33.1. The molecule has 0 amide bonds. The van der Waals surface area contributed by atoms with E-state index >= 15 is 0 Å². The van der Waals surface area contributed by atoms with Gasteiger partial charge in [-0.1, -0.05) is 204 Å². The lowest BCUT2D eigenvalue weighted by atomic mass is 10.1. The largest absolute Gasteiger partial charge is 0.157 e. The molecule has 0 N–H and O–H groups in total. The Balaban J connectivity index is 0.880. The van der Waals surface area contributed by atoms with Crippen molar-refractivity contribution in [1.82, 2.24) is 0 Å². The molecule has 0 heterocycles. The van der Waals surface area contributed by atoms with Gasteiger partial charge in [0.05, 0.1) is 0 Å². The molecule has 268 valence electrons. The predicted octanol–water partition coefficient (Wildman–Crippen LogP) is 15.0. The van der Waals surface area contributed by atoms with Crippen molar-refractivity contribution in [1.29, 1.82) is 0 Å². The third-order valence-corrected chi connectivity index (χ3v) is 16.9. The molecule has 0 aliphatic rings. The highest BCUT2D eigenvalue weighted by molar-refractivity contribution is 8.76. The summed E-state index contributed by atoms with van der Waals surface area (Å²) in [5, 5.41) is 0. The maximum absolute atomic E-state index is 4.24. The second kappa shape index (κ2) is 24.6. The fraction of sp³-hybridized carbons (Fsp3) is 0.286. The summed E-state index contributed by atoms with van der Waals surface area (Å²) in [7, 11) is 13.2. The standard InChI is InChI=1S/C42H46S9/c1-2-33-3-7-37(8-4-33)27-46-50-31-41-19-21-42(22-20-41)32-51-48-29-39-15-11-35(12-16-39)25-44-24-23-34-5-9-38(10-6-34)28-47-49-30-40-17-13-36(14-18-40)26-45-43/h3-22,43H,2,23-32H2,1H3. The summed E-state index contributed by atoms with van der Waals surface area (Å²) in [4.78, 5) is 0. The molecule has 5 rings (SSSR count). The Morgan fingerprint density at radius 3 is 0.882 bits per heavy atom. The molecule has 0 spiro atoms. The number of hydrogen-bond acceptors (Lipinski definition) is 9. The van der Waals surface area contributed by atoms with E-state index in [-0.39, 0.29) is 0 Å². The van der Waals surface area contributed by atoms with Crippen LogP contribution >= 0.6 is 99.0 Å². The van der Waals surface area contributed by atoms with Gasteiger partial charge in [0.2, 0.25) is 0 Å². The van der Waals surface area contributed by atoms with Gasteiger partial charge in [-0.15, -0.1) is 11.7 Å². The van der Waals surface area contributed by atoms with Crippen molar-refractivity contribution in [2.75, 3.05) is 5.75 Å². The molecule has 0 aliphatic heterocycles. The summed E-state index contributed by atoms with van der Waals surface area (Å²) in [6, 6.07) is 45.6. The van der Waals surface area contributed by atoms with Crippen LogP contribution in [0.5, 0.6) is 0 Å². The lowest BCUT2D eigenvalue weighted by Gasteiger charge is -2.07. The Kier molecular flexibility index (Phi) is 20.0. The number of thiol groups is 1. The molecule has 0 unspecified atom stereocenters. The van der Waals surface area contributed by atoms with E-state index in [9.17, 15) is 0 Å². The van der Waals surface area contributed by atoms with Gasteiger partial charge in [0.25, 0.3) is 0 Å². The van der Waals surface area contributed by atoms with Gasteiger partial charge in [-0.05, 0) is 74.2 Å². The van der Waals surface area contributed by atoms with E-state index in [0.717, 1.165) is 64.6 Å². The number of hydrogen-bond donors (Lipinski definition) is 1. The monoisotopic (exact) mass is 838 g/mol. The van der Waals surface area contributed by atoms with Gasteiger partial charge in [-0.3, -0.25) is 0 Å². The molecule has 0 bridgehead atoms. The number of rotatable bonds is 23. The summed E-state index contributed by atoms with van der Waals surface area (Å²) in [6.07, 6.45) is 2.23. The van der Waals surface area contributed by atoms with Gasteiger partial charge in [-0.25, -0.2) is 0 Å². The first-order valence-electron chi connectivity index (χ1n) is 17.1. The predicted molar refractivity (Wildman–Crippen MR) is 250 cm³/mol. The first-order chi connectivity index (χ1) is 25.2. The van der Waals surface area contributed by atoms with E-state index in [1.54, 1.807) is 10.8 Å². The minimum Gasteiger partial charge on any atom is -0.157 e. The minimum atomic E-state index is 0.959. The molecule has 0 saturated carbocycles. The van der Waals surface area contributed by atoms with Crippen LogP contribution in [0.2, 0.25) is 0 Å². The SMILES string of the molecule is CCc1ccc(CSSCc2ccc(CSSCc3ccc(CSCCc4ccc(CSSCc5ccc(CSS)cc5)cc4)cc3)cc2)cc1. The van der Waals surface area contributed by atoms with Crippen LogP contribution in [0.1, 0.15) is 62.6 Å². The molecule has 51 heavy (non-hydrogen) atoms. The molecule has 0 atom stereocenters. The van der Waals surface area contributed by atoms with E-state index in [0.29, 0.717) is 0 Å². The van der Waals surface area contributed by atoms with Crippen LogP contribution in [0, 0.1) is 0 Å². The normalized spacial score (nSPS) is 11.3. The Morgan fingerprint density at radius 1 is 0.333 bits per heavy atom. The molecule has 0 fully saturated rings. The fourth-order valence-electron chi connectivity index (χ4n) is 4.98. The number of benzene rings is 5. The second-order valence-electron chi connectivity index (χ2n) is 12.1. The smallest absolute Gasteiger partial charge is 0.0288 e. The molecular formula is C42H46S9. The zero-order valence-electron chi connectivity index (χ0n) is 29.0. The summed E-state index contributed by atoms with van der Waals surface area (Å²) in [5.74, 6) is 9.47. The van der Waals surface area contributed by atoms with Crippen molar-refractivity contribution in [3.8, 4) is 0 Å². The maximum Gasteiger partial charge on any atom is 0.0288 e. The summed E-state index contributed by atoms with van der Waals surface area (Å²) >= 11 is 6.27. The zero-order chi connectivity index (χ0) is 35.4. The molecule has 5 aromatic rings. The Labute approximate surface area is 344 Å². The quantitative estimate of drug-likeness (QED) is 0.0387. The van der Waals surface area contributed by atoms with E-state index in [1.807, 2.05) is 76.5 Å². The lowest BCUT2D eigenvalue weighted by molar-refractivity contribution is 1.13. The Hall–Kier alpha value is -0.750. The maximum atomic E-state index is 4.24. The topological polar surface area (TPSA) is 0 Å². The van der Waals surface area contributed by atoms with E-state index in [2.05, 4.69) is 140 Å². The molecule has 0 saturated heterocycles. The third-order valence-electron chi connectivity index (χ3n) is 8.16. The van der Waals surface area contributed by atoms with Gasteiger partial charge in [0.15, 0.2) is 0 Å². The highest BCUT2D eigenvalue weighted by Crippen LogP contribution is 2.33. The van der Waals surface area contributed by atoms with Gasteiger partial charge < -0.3 is 0 Å². The molecule has 0 nitrogen and oxygen atoms in total. The molecular weight excluding hydrogens is 793 g/mol. The zero-order valence-corrected chi connectivity index (χ0v) is 36.5. The average Bonchev–Trinajstić information content (AvgIpc) is 3.18. The molecule has 9 heteroatoms. The third kappa shape index (κ3) is 16.3. The van der Waals surface area contributed by atoms with Crippen LogP contribution in [0.15, 0.2) is 121 Å². The summed E-state index contributed by atoms with van der Waals surface area (Å²) in [6.45, 7) is 2.21. The van der Waals surface area contributed by atoms with Crippen molar-refractivity contribution in [3.05, 3.63) is 177 Å². The Bertz CT molecular complexity index is 1660. The van der Waals surface area contributed by atoms with Gasteiger partial charge in [-0.2, -0.15) is 11.8 Å². The van der Waals surface area contributed by atoms with Crippen LogP contribution in [-0.4, -0.2) is 5.75 Å². The van der Waals surface area contributed by atoms with Crippen molar-refractivity contribution >= 4 is 99.0 Å². The molecule has 0 radical (unpaired) electrons. The summed E-state index contributed by atoms with van der Waals surface area (Å²) in [5.41, 5.74) is 14.0. The van der Waals surface area contributed by atoms with Crippen LogP contribution in [0.25, 0.3) is 0 Å². The van der Waals surface area contributed by atoms with E-state index in [1.165, 1.54) is 55.6 Å². The number of aryl methyl sites for hydroxylation is 2. The lowest BCUT2D eigenvalue weighted by Crippen LogP contribution is -1.91. The van der Waals surface area contributed by atoms with Gasteiger partial charge in [0.1, 0.15) is 0 Å². The van der Waals surface area contributed by atoms with Crippen molar-refractivity contribution in [2.45, 2.75) is 65.8 Å². The first-order valence-corrected chi connectivity index (χ1v) is 27.8. The first kappa shape index (κ1) is 41.4. The highest BCUT2D eigenvalue weighted by Gasteiger charge is 2.03. The fourth-order valence-corrected chi connectivity index (χ4v) is 13.1. The van der Waals surface area contributed by atoms with Crippen LogP contribution < -0.4 is 0 Å². The molecule has 5 aromatic carbocycles. The average molecular weight is 839 g/mol. The van der Waals surface area contributed by atoms with Crippen molar-refractivity contribution in [3.63, 3.8) is 0 Å².